The van der Waals surface area contributed by atoms with Gasteiger partial charge in [0, 0.05) is 10.6 Å². The van der Waals surface area contributed by atoms with E-state index < -0.39 is 53.8 Å². The smallest absolute Gasteiger partial charge is 0.307 e. The molecule has 5 nitrogen and oxygen atoms in total. The molecule has 0 spiro atoms. The molecular weight excluding hydrogens is 465 g/mol. The molecule has 1 fully saturated rings. The first-order valence-corrected chi connectivity index (χ1v) is 10.7. The van der Waals surface area contributed by atoms with Gasteiger partial charge in [0.15, 0.2) is 0 Å². The Morgan fingerprint density at radius 3 is 2.36 bits per heavy atom. The number of thioether (sulfide) groups is 1. The van der Waals surface area contributed by atoms with E-state index in [0.717, 1.165) is 17.0 Å². The highest BCUT2D eigenvalue weighted by Crippen LogP contribution is 2.39. The van der Waals surface area contributed by atoms with Crippen molar-refractivity contribution in [2.24, 2.45) is 0 Å². The van der Waals surface area contributed by atoms with Gasteiger partial charge in [-0.25, -0.2) is 18.5 Å². The summed E-state index contributed by atoms with van der Waals surface area (Å²) in [6.45, 7) is 0.0678. The molecule has 0 bridgehead atoms. The van der Waals surface area contributed by atoms with Crippen molar-refractivity contribution >= 4 is 29.4 Å². The molecule has 0 N–H and O–H groups in total. The highest BCUT2D eigenvalue weighted by molar-refractivity contribution is 7.99. The van der Waals surface area contributed by atoms with Crippen molar-refractivity contribution in [2.75, 3.05) is 23.9 Å². The second-order valence-corrected chi connectivity index (χ2v) is 8.60. The van der Waals surface area contributed by atoms with Crippen LogP contribution >= 0.6 is 11.8 Å². The molecule has 3 amide bonds. The van der Waals surface area contributed by atoms with Crippen molar-refractivity contribution < 1.29 is 31.5 Å². The second-order valence-electron chi connectivity index (χ2n) is 7.43. The van der Waals surface area contributed by atoms with E-state index in [0.29, 0.717) is 21.6 Å². The Morgan fingerprint density at radius 1 is 1.12 bits per heavy atom. The molecule has 2 aromatic rings. The molecule has 1 saturated heterocycles. The fraction of sp³-hybridized carbons (Fsp3) is 0.318. The maximum absolute atomic E-state index is 13.4. The summed E-state index contributed by atoms with van der Waals surface area (Å²) < 4.78 is 66.4. The van der Waals surface area contributed by atoms with Crippen molar-refractivity contribution in [3.63, 3.8) is 0 Å². The summed E-state index contributed by atoms with van der Waals surface area (Å²) in [4.78, 5) is 28.6. The lowest BCUT2D eigenvalue weighted by Crippen LogP contribution is -2.48. The van der Waals surface area contributed by atoms with E-state index in [2.05, 4.69) is 0 Å². The molecule has 1 heterocycles. The van der Waals surface area contributed by atoms with Crippen molar-refractivity contribution in [2.45, 2.75) is 30.0 Å². The molecule has 0 aliphatic carbocycles. The first kappa shape index (κ1) is 24.5. The van der Waals surface area contributed by atoms with Gasteiger partial charge in [0.05, 0.1) is 29.4 Å². The van der Waals surface area contributed by atoms with Crippen LogP contribution in [0, 0.1) is 17.1 Å². The molecule has 0 saturated carbocycles. The lowest BCUT2D eigenvalue weighted by atomic mass is 9.96. The third-order valence-electron chi connectivity index (χ3n) is 5.35. The van der Waals surface area contributed by atoms with Crippen LogP contribution in [0.1, 0.15) is 24.5 Å². The van der Waals surface area contributed by atoms with Gasteiger partial charge in [0.1, 0.15) is 18.0 Å². The summed E-state index contributed by atoms with van der Waals surface area (Å²) in [5.41, 5.74) is -3.78. The number of amides is 3. The molecule has 1 aliphatic rings. The SMILES string of the molecule is CC1(CCSc2ccc(F)cc2)C(=O)N(c2ccc(C#N)c(C(F)(F)F)c2)C(=O)N1CCF. The van der Waals surface area contributed by atoms with Gasteiger partial charge in [-0.3, -0.25) is 4.79 Å². The molecule has 1 unspecified atom stereocenters. The number of urea groups is 1. The molecule has 2 aromatic carbocycles. The zero-order chi connectivity index (χ0) is 24.4. The van der Waals surface area contributed by atoms with Crippen LogP contribution < -0.4 is 4.90 Å². The minimum atomic E-state index is -4.87. The Kier molecular flexibility index (Phi) is 6.97. The fourth-order valence-electron chi connectivity index (χ4n) is 3.57. The van der Waals surface area contributed by atoms with Crippen LogP contribution in [0.2, 0.25) is 0 Å². The van der Waals surface area contributed by atoms with E-state index in [-0.39, 0.29) is 12.1 Å². The Bertz CT molecular complexity index is 1100. The van der Waals surface area contributed by atoms with Gasteiger partial charge in [-0.2, -0.15) is 18.4 Å². The highest BCUT2D eigenvalue weighted by atomic mass is 32.2. The number of nitriles is 1. The Hall–Kier alpha value is -3.13. The Labute approximate surface area is 190 Å². The van der Waals surface area contributed by atoms with E-state index in [4.69, 9.17) is 5.26 Å². The molecule has 1 atom stereocenters. The molecular formula is C22H18F5N3O2S. The van der Waals surface area contributed by atoms with Gasteiger partial charge >= 0.3 is 12.2 Å². The third kappa shape index (κ3) is 4.80. The van der Waals surface area contributed by atoms with Crippen LogP contribution in [0.15, 0.2) is 47.4 Å². The number of carbonyl (C=O) groups excluding carboxylic acids is 2. The van der Waals surface area contributed by atoms with Crippen LogP contribution in [0.25, 0.3) is 0 Å². The minimum absolute atomic E-state index is 0.0819. The number of hydrogen-bond donors (Lipinski definition) is 0. The summed E-state index contributed by atoms with van der Waals surface area (Å²) in [7, 11) is 0. The molecule has 3 rings (SSSR count). The monoisotopic (exact) mass is 483 g/mol. The zero-order valence-corrected chi connectivity index (χ0v) is 18.1. The first-order chi connectivity index (χ1) is 15.5. The lowest BCUT2D eigenvalue weighted by Gasteiger charge is -2.30. The third-order valence-corrected chi connectivity index (χ3v) is 6.36. The quantitative estimate of drug-likeness (QED) is 0.301. The molecule has 0 radical (unpaired) electrons. The Morgan fingerprint density at radius 2 is 1.79 bits per heavy atom. The summed E-state index contributed by atoms with van der Waals surface area (Å²) in [6, 6.07) is 8.68. The van der Waals surface area contributed by atoms with E-state index in [1.54, 1.807) is 12.1 Å². The summed E-state index contributed by atoms with van der Waals surface area (Å²) in [5, 5.41) is 8.97. The number of anilines is 1. The molecule has 0 aromatic heterocycles. The topological polar surface area (TPSA) is 64.4 Å². The predicted molar refractivity (Wildman–Crippen MR) is 112 cm³/mol. The number of imide groups is 1. The molecule has 11 heteroatoms. The van der Waals surface area contributed by atoms with Gasteiger partial charge in [-0.1, -0.05) is 0 Å². The van der Waals surface area contributed by atoms with E-state index in [1.165, 1.54) is 36.9 Å². The standard InChI is InChI=1S/C22H18F5N3O2S/c1-21(8-11-33-17-6-3-15(24)4-7-17)19(31)30(20(32)29(21)10-9-23)16-5-2-14(13-28)18(12-16)22(25,26)27/h2-7,12H,8-11H2,1H3. The number of carbonyl (C=O) groups is 2. The average molecular weight is 483 g/mol. The zero-order valence-electron chi connectivity index (χ0n) is 17.3. The van der Waals surface area contributed by atoms with Crippen LogP contribution in [-0.2, 0) is 11.0 Å². The molecule has 174 valence electrons. The number of alkyl halides is 4. The number of rotatable bonds is 7. The van der Waals surface area contributed by atoms with Crippen LogP contribution in [0.5, 0.6) is 0 Å². The maximum Gasteiger partial charge on any atom is 0.417 e. The number of halogens is 5. The van der Waals surface area contributed by atoms with E-state index >= 15 is 0 Å². The van der Waals surface area contributed by atoms with Gasteiger partial charge < -0.3 is 4.90 Å². The largest absolute Gasteiger partial charge is 0.417 e. The van der Waals surface area contributed by atoms with Gasteiger partial charge in [0.25, 0.3) is 5.91 Å². The van der Waals surface area contributed by atoms with Crippen LogP contribution in [0.4, 0.5) is 32.4 Å². The summed E-state index contributed by atoms with van der Waals surface area (Å²) >= 11 is 1.29. The first-order valence-electron chi connectivity index (χ1n) is 9.75. The van der Waals surface area contributed by atoms with Crippen molar-refractivity contribution in [1.29, 1.82) is 5.26 Å². The lowest BCUT2D eigenvalue weighted by molar-refractivity contribution is -0.137. The Balaban J connectivity index is 1.91. The highest BCUT2D eigenvalue weighted by Gasteiger charge is 2.54. The fourth-order valence-corrected chi connectivity index (χ4v) is 4.64. The normalized spacial score (nSPS) is 18.7. The average Bonchev–Trinajstić information content (AvgIpc) is 2.95. The maximum atomic E-state index is 13.4. The number of hydrogen-bond acceptors (Lipinski definition) is 4. The summed E-state index contributed by atoms with van der Waals surface area (Å²) in [6.07, 6.45) is -4.79. The second kappa shape index (κ2) is 9.39. The van der Waals surface area contributed by atoms with Crippen molar-refractivity contribution in [3.05, 3.63) is 59.4 Å². The summed E-state index contributed by atoms with van der Waals surface area (Å²) in [5.74, 6) is -0.898. The minimum Gasteiger partial charge on any atom is -0.307 e. The van der Waals surface area contributed by atoms with E-state index in [9.17, 15) is 31.5 Å². The predicted octanol–water partition coefficient (Wildman–Crippen LogP) is 5.40. The number of benzene rings is 2. The number of nitrogens with zero attached hydrogens (tertiary/aromatic N) is 3. The van der Waals surface area contributed by atoms with Crippen molar-refractivity contribution in [3.8, 4) is 6.07 Å². The van der Waals surface area contributed by atoms with Crippen LogP contribution in [0.3, 0.4) is 0 Å². The van der Waals surface area contributed by atoms with Gasteiger partial charge in [0.2, 0.25) is 0 Å². The van der Waals surface area contributed by atoms with E-state index in [1.807, 2.05) is 0 Å². The van der Waals surface area contributed by atoms with Gasteiger partial charge in [-0.05, 0) is 55.8 Å². The molecule has 33 heavy (non-hydrogen) atoms. The molecule has 1 aliphatic heterocycles. The van der Waals surface area contributed by atoms with Gasteiger partial charge in [-0.15, -0.1) is 11.8 Å². The van der Waals surface area contributed by atoms with Crippen LogP contribution in [-0.4, -0.2) is 41.3 Å². The van der Waals surface area contributed by atoms with Crippen molar-refractivity contribution in [1.82, 2.24) is 4.90 Å².